The minimum atomic E-state index is -1.37. The van der Waals surface area contributed by atoms with E-state index < -0.39 is 24.8 Å². The maximum Gasteiger partial charge on any atom is 1.00 e. The van der Waals surface area contributed by atoms with Gasteiger partial charge in [-0.25, -0.2) is 0 Å². The Morgan fingerprint density at radius 1 is 0.833 bits per heavy atom. The van der Waals surface area contributed by atoms with Crippen LogP contribution >= 0.6 is 0 Å². The normalized spacial score (nSPS) is 5.67. The number of hydrogen-bond donors (Lipinski definition) is 0. The first-order chi connectivity index (χ1) is 3.63. The van der Waals surface area contributed by atoms with Gasteiger partial charge in [0, 0.05) is 11.9 Å². The zero-order valence-electron chi connectivity index (χ0n) is 6.55. The second-order valence-electron chi connectivity index (χ2n) is 1.24. The first-order valence-electron chi connectivity index (χ1n) is 2.02. The van der Waals surface area contributed by atoms with Crippen LogP contribution in [0.5, 0.6) is 0 Å². The molecule has 0 spiro atoms. The molecule has 0 atom stereocenters. The van der Waals surface area contributed by atoms with Crippen molar-refractivity contribution in [3.8, 4) is 0 Å². The van der Waals surface area contributed by atoms with Crippen LogP contribution in [0, 0.1) is 0 Å². The van der Waals surface area contributed by atoms with Crippen molar-refractivity contribution in [1.29, 1.82) is 0 Å². The Kier molecular flexibility index (Phi) is 42.9. The van der Waals surface area contributed by atoms with Crippen LogP contribution in [-0.2, 0) is 9.59 Å². The van der Waals surface area contributed by atoms with Gasteiger partial charge in [0.25, 0.3) is 0 Å². The summed E-state index contributed by atoms with van der Waals surface area (Å²) in [6, 6.07) is 0. The largest absolute Gasteiger partial charge is 1.00 e. The van der Waals surface area contributed by atoms with E-state index in [1.54, 1.807) is 0 Å². The van der Waals surface area contributed by atoms with Gasteiger partial charge in [0.1, 0.15) is 0 Å². The molecule has 0 aliphatic carbocycles. The third-order valence-electron chi connectivity index (χ3n) is 0.533. The van der Waals surface area contributed by atoms with Crippen LogP contribution in [0.15, 0.2) is 0 Å². The molecular weight excluding hydrogens is 199 g/mol. The minimum absolute atomic E-state index is 0. The molecule has 8 heteroatoms. The van der Waals surface area contributed by atoms with E-state index >= 15 is 0 Å². The fraction of sp³-hybridized carbons (Fsp3) is 0.500. The molecule has 0 aromatic carbocycles. The first kappa shape index (κ1) is 29.4. The molecule has 0 fully saturated rings. The summed E-state index contributed by atoms with van der Waals surface area (Å²) in [6.07, 6.45) is -0.940. The molecule has 0 rings (SSSR count). The maximum absolute atomic E-state index is 9.50. The van der Waals surface area contributed by atoms with Gasteiger partial charge in [-0.05, 0) is 12.8 Å². The van der Waals surface area contributed by atoms with Crippen molar-refractivity contribution < 1.29 is 87.6 Å². The number of carboxylic acid groups (broad SMARTS) is 2. The fourth-order valence-electron chi connectivity index (χ4n) is 0.204. The Bertz CT molecular complexity index is 100.0. The molecule has 0 saturated heterocycles. The number of carbonyl (C=O) groups excluding carboxylic acids is 2. The van der Waals surface area contributed by atoms with Crippen molar-refractivity contribution in [3.63, 3.8) is 0 Å². The topological polar surface area (TPSA) is 175 Å². The Morgan fingerprint density at radius 3 is 1.08 bits per heavy atom. The molecule has 0 aromatic rings. The maximum atomic E-state index is 9.50. The summed E-state index contributed by atoms with van der Waals surface area (Å²) in [5.74, 6) is -2.73. The zero-order chi connectivity index (χ0) is 6.57. The molecule has 0 unspecified atom stereocenters. The Labute approximate surface area is 111 Å². The van der Waals surface area contributed by atoms with E-state index in [2.05, 4.69) is 0 Å². The summed E-state index contributed by atoms with van der Waals surface area (Å²) in [7, 11) is 0. The standard InChI is InChI=1S/C4H6O4.K.3H2O/c5-3(6)1-2-4(7)8;;;;/h1-2H2,(H,5,6)(H,7,8);;3*1H2/q;+1;;;/p-2. The minimum Gasteiger partial charge on any atom is -0.550 e. The zero-order valence-corrected chi connectivity index (χ0v) is 9.67. The van der Waals surface area contributed by atoms with E-state index in [4.69, 9.17) is 0 Å². The van der Waals surface area contributed by atoms with Gasteiger partial charge in [0.05, 0.1) is 0 Å². The van der Waals surface area contributed by atoms with E-state index in [0.717, 1.165) is 0 Å². The van der Waals surface area contributed by atoms with Crippen molar-refractivity contribution in [3.05, 3.63) is 0 Å². The molecule has 0 radical (unpaired) electrons. The number of hydrogen-bond acceptors (Lipinski definition) is 4. The number of carbonyl (C=O) groups is 2. The van der Waals surface area contributed by atoms with E-state index in [9.17, 15) is 19.8 Å². The molecule has 0 aromatic heterocycles. The fourth-order valence-corrected chi connectivity index (χ4v) is 0.204. The number of aliphatic carboxylic acids is 2. The molecule has 0 aliphatic rings. The quantitative estimate of drug-likeness (QED) is 0.419. The average molecular weight is 209 g/mol. The van der Waals surface area contributed by atoms with Gasteiger partial charge in [0.15, 0.2) is 0 Å². The van der Waals surface area contributed by atoms with Gasteiger partial charge in [-0.2, -0.15) is 0 Å². The average Bonchev–Trinajstić information content (AvgIpc) is 1.61. The summed E-state index contributed by atoms with van der Waals surface area (Å²) in [5.41, 5.74) is 0. The molecule has 6 N–H and O–H groups in total. The van der Waals surface area contributed by atoms with Gasteiger partial charge in [-0.15, -0.1) is 0 Å². The Hall–Kier alpha value is 0.456. The van der Waals surface area contributed by atoms with Crippen LogP contribution in [0.25, 0.3) is 0 Å². The van der Waals surface area contributed by atoms with E-state index in [0.29, 0.717) is 0 Å². The number of carboxylic acids is 2. The van der Waals surface area contributed by atoms with E-state index in [1.807, 2.05) is 0 Å². The second kappa shape index (κ2) is 17.5. The van der Waals surface area contributed by atoms with Crippen molar-refractivity contribution in [2.24, 2.45) is 0 Å². The number of rotatable bonds is 3. The van der Waals surface area contributed by atoms with E-state index in [-0.39, 0.29) is 67.8 Å². The third kappa shape index (κ3) is 31.4. The molecule has 7 nitrogen and oxygen atoms in total. The van der Waals surface area contributed by atoms with Crippen LogP contribution in [-0.4, -0.2) is 28.4 Å². The predicted molar refractivity (Wildman–Crippen MR) is 30.1 cm³/mol. The smallest absolute Gasteiger partial charge is 0.550 e. The van der Waals surface area contributed by atoms with Crippen molar-refractivity contribution in [2.75, 3.05) is 0 Å². The molecule has 0 amide bonds. The van der Waals surface area contributed by atoms with E-state index in [1.165, 1.54) is 0 Å². The molecule has 0 aliphatic heterocycles. The summed E-state index contributed by atoms with van der Waals surface area (Å²) in [6.45, 7) is 0. The van der Waals surface area contributed by atoms with Crippen molar-refractivity contribution in [2.45, 2.75) is 12.8 Å². The second-order valence-corrected chi connectivity index (χ2v) is 1.24. The van der Waals surface area contributed by atoms with Gasteiger partial charge in [0.2, 0.25) is 0 Å². The van der Waals surface area contributed by atoms with Crippen LogP contribution in [0.1, 0.15) is 12.8 Å². The third-order valence-corrected chi connectivity index (χ3v) is 0.533. The van der Waals surface area contributed by atoms with Gasteiger partial charge >= 0.3 is 51.4 Å². The Balaban J connectivity index is -0.0000000408. The van der Waals surface area contributed by atoms with Gasteiger partial charge in [-0.3, -0.25) is 0 Å². The molecular formula is C4H10KO7-. The van der Waals surface area contributed by atoms with Gasteiger partial charge in [-0.1, -0.05) is 0 Å². The molecule has 0 saturated carbocycles. The summed E-state index contributed by atoms with van der Waals surface area (Å²) in [5, 5.41) is 19.0. The molecule has 0 heterocycles. The Morgan fingerprint density at radius 2 is 1.00 bits per heavy atom. The summed E-state index contributed by atoms with van der Waals surface area (Å²) < 4.78 is 0. The van der Waals surface area contributed by atoms with Crippen molar-refractivity contribution >= 4 is 11.9 Å². The van der Waals surface area contributed by atoms with Crippen LogP contribution in [0.3, 0.4) is 0 Å². The molecule has 12 heavy (non-hydrogen) atoms. The van der Waals surface area contributed by atoms with Crippen LogP contribution < -0.4 is 61.6 Å². The van der Waals surface area contributed by atoms with Gasteiger partial charge < -0.3 is 36.2 Å². The summed E-state index contributed by atoms with van der Waals surface area (Å²) in [4.78, 5) is 19.0. The first-order valence-corrected chi connectivity index (χ1v) is 2.02. The SMILES string of the molecule is O.O.O.O=C([O-])CCC(=O)[O-].[K+]. The van der Waals surface area contributed by atoms with Crippen LogP contribution in [0.4, 0.5) is 0 Å². The monoisotopic (exact) mass is 209 g/mol. The van der Waals surface area contributed by atoms with Crippen molar-refractivity contribution in [1.82, 2.24) is 0 Å². The summed E-state index contributed by atoms with van der Waals surface area (Å²) >= 11 is 0. The molecule has 0 bridgehead atoms. The predicted octanol–water partition coefficient (Wildman–Crippen LogP) is -8.20. The van der Waals surface area contributed by atoms with Crippen LogP contribution in [0.2, 0.25) is 0 Å². The molecule has 70 valence electrons.